The van der Waals surface area contributed by atoms with E-state index in [2.05, 4.69) is 25.9 Å². The highest BCUT2D eigenvalue weighted by molar-refractivity contribution is 9.10. The molecule has 0 bridgehead atoms. The SMILES string of the molecule is Cc1cc(N(C)Cc2nc(C(F)(F)F)cs2)ncc1Br. The summed E-state index contributed by atoms with van der Waals surface area (Å²) in [5.74, 6) is 0.689. The number of rotatable bonds is 3. The lowest BCUT2D eigenvalue weighted by Gasteiger charge is -2.17. The second-order valence-electron chi connectivity index (χ2n) is 4.27. The van der Waals surface area contributed by atoms with Crippen LogP contribution < -0.4 is 4.90 Å². The topological polar surface area (TPSA) is 29.0 Å². The van der Waals surface area contributed by atoms with E-state index in [9.17, 15) is 13.2 Å². The number of anilines is 1. The normalized spacial score (nSPS) is 11.7. The second kappa shape index (κ2) is 5.69. The van der Waals surface area contributed by atoms with Crippen molar-refractivity contribution in [1.82, 2.24) is 9.97 Å². The average Bonchev–Trinajstić information content (AvgIpc) is 2.81. The van der Waals surface area contributed by atoms with Gasteiger partial charge in [0, 0.05) is 23.1 Å². The summed E-state index contributed by atoms with van der Waals surface area (Å²) >= 11 is 4.35. The standard InChI is InChI=1S/C12H11BrF3N3S/c1-7-3-10(17-4-8(7)13)19(2)5-11-18-9(6-20-11)12(14,15)16/h3-4,6H,5H2,1-2H3. The summed E-state index contributed by atoms with van der Waals surface area (Å²) < 4.78 is 38.3. The molecule has 2 aromatic rings. The van der Waals surface area contributed by atoms with Crippen molar-refractivity contribution in [1.29, 1.82) is 0 Å². The molecule has 2 aromatic heterocycles. The van der Waals surface area contributed by atoms with E-state index in [0.29, 0.717) is 10.8 Å². The molecule has 20 heavy (non-hydrogen) atoms. The fourth-order valence-electron chi connectivity index (χ4n) is 1.53. The highest BCUT2D eigenvalue weighted by atomic mass is 79.9. The number of alkyl halides is 3. The third kappa shape index (κ3) is 3.49. The molecular weight excluding hydrogens is 355 g/mol. The molecule has 0 amide bonds. The molecule has 3 nitrogen and oxygen atoms in total. The van der Waals surface area contributed by atoms with E-state index in [-0.39, 0.29) is 6.54 Å². The Bertz CT molecular complexity index is 612. The first-order chi connectivity index (χ1) is 9.27. The first-order valence-corrected chi connectivity index (χ1v) is 7.29. The Kier molecular flexibility index (Phi) is 4.33. The molecule has 0 N–H and O–H groups in total. The zero-order chi connectivity index (χ0) is 14.9. The van der Waals surface area contributed by atoms with Gasteiger partial charge in [0.1, 0.15) is 10.8 Å². The number of nitrogens with zero attached hydrogens (tertiary/aromatic N) is 3. The quantitative estimate of drug-likeness (QED) is 0.813. The number of aromatic nitrogens is 2. The molecule has 0 aromatic carbocycles. The van der Waals surface area contributed by atoms with Crippen molar-refractivity contribution in [2.24, 2.45) is 0 Å². The molecule has 0 atom stereocenters. The van der Waals surface area contributed by atoms with Gasteiger partial charge in [-0.2, -0.15) is 13.2 Å². The zero-order valence-corrected chi connectivity index (χ0v) is 13.1. The van der Waals surface area contributed by atoms with Crippen LogP contribution in [0.5, 0.6) is 0 Å². The van der Waals surface area contributed by atoms with Gasteiger partial charge in [-0.1, -0.05) is 0 Å². The average molecular weight is 366 g/mol. The van der Waals surface area contributed by atoms with Crippen LogP contribution in [0.4, 0.5) is 19.0 Å². The number of pyridine rings is 1. The highest BCUT2D eigenvalue weighted by Crippen LogP contribution is 2.30. The molecule has 8 heteroatoms. The van der Waals surface area contributed by atoms with Gasteiger partial charge in [-0.15, -0.1) is 11.3 Å². The van der Waals surface area contributed by atoms with Crippen molar-refractivity contribution in [3.05, 3.63) is 38.4 Å². The molecule has 0 aliphatic carbocycles. The molecule has 0 saturated heterocycles. The molecule has 0 aliphatic rings. The lowest BCUT2D eigenvalue weighted by molar-refractivity contribution is -0.140. The fraction of sp³-hybridized carbons (Fsp3) is 0.333. The van der Waals surface area contributed by atoms with Gasteiger partial charge in [-0.3, -0.25) is 0 Å². The monoisotopic (exact) mass is 365 g/mol. The van der Waals surface area contributed by atoms with E-state index in [1.807, 2.05) is 13.0 Å². The summed E-state index contributed by atoms with van der Waals surface area (Å²) in [5, 5.41) is 1.44. The zero-order valence-electron chi connectivity index (χ0n) is 10.7. The number of halogens is 4. The number of aryl methyl sites for hydroxylation is 1. The Balaban J connectivity index is 2.13. The summed E-state index contributed by atoms with van der Waals surface area (Å²) in [7, 11) is 1.77. The van der Waals surface area contributed by atoms with Crippen molar-refractivity contribution in [2.75, 3.05) is 11.9 Å². The molecule has 0 spiro atoms. The van der Waals surface area contributed by atoms with E-state index in [1.54, 1.807) is 18.1 Å². The van der Waals surface area contributed by atoms with Crippen LogP contribution in [0, 0.1) is 6.92 Å². The Morgan fingerprint density at radius 3 is 2.65 bits per heavy atom. The van der Waals surface area contributed by atoms with Crippen molar-refractivity contribution in [3.8, 4) is 0 Å². The second-order valence-corrected chi connectivity index (χ2v) is 6.07. The van der Waals surface area contributed by atoms with Gasteiger partial charge in [0.2, 0.25) is 0 Å². The van der Waals surface area contributed by atoms with Crippen LogP contribution in [0.25, 0.3) is 0 Å². The largest absolute Gasteiger partial charge is 0.434 e. The summed E-state index contributed by atoms with van der Waals surface area (Å²) in [4.78, 5) is 9.59. The Labute approximate surface area is 126 Å². The first-order valence-electron chi connectivity index (χ1n) is 5.62. The van der Waals surface area contributed by atoms with Crippen LogP contribution >= 0.6 is 27.3 Å². The molecular formula is C12H11BrF3N3S. The van der Waals surface area contributed by atoms with Gasteiger partial charge >= 0.3 is 6.18 Å². The molecule has 0 fully saturated rings. The van der Waals surface area contributed by atoms with Crippen LogP contribution in [0.3, 0.4) is 0 Å². The van der Waals surface area contributed by atoms with E-state index >= 15 is 0 Å². The van der Waals surface area contributed by atoms with Crippen molar-refractivity contribution >= 4 is 33.1 Å². The van der Waals surface area contributed by atoms with Gasteiger partial charge < -0.3 is 4.90 Å². The van der Waals surface area contributed by atoms with Gasteiger partial charge in [0.25, 0.3) is 0 Å². The van der Waals surface area contributed by atoms with Gasteiger partial charge in [-0.25, -0.2) is 9.97 Å². The van der Waals surface area contributed by atoms with Crippen LogP contribution in [0.1, 0.15) is 16.3 Å². The smallest absolute Gasteiger partial charge is 0.353 e. The van der Waals surface area contributed by atoms with Crippen molar-refractivity contribution < 1.29 is 13.2 Å². The summed E-state index contributed by atoms with van der Waals surface area (Å²) in [5.41, 5.74) is 0.169. The Hall–Kier alpha value is -1.15. The summed E-state index contributed by atoms with van der Waals surface area (Å²) in [6.45, 7) is 2.21. The lowest BCUT2D eigenvalue weighted by atomic mass is 10.3. The molecule has 0 radical (unpaired) electrons. The number of hydrogen-bond acceptors (Lipinski definition) is 4. The molecule has 0 aliphatic heterocycles. The van der Waals surface area contributed by atoms with Gasteiger partial charge in [-0.05, 0) is 34.5 Å². The maximum Gasteiger partial charge on any atom is 0.434 e. The van der Waals surface area contributed by atoms with E-state index in [4.69, 9.17) is 0 Å². The molecule has 0 saturated carbocycles. The lowest BCUT2D eigenvalue weighted by Crippen LogP contribution is -2.18. The van der Waals surface area contributed by atoms with E-state index in [1.165, 1.54) is 0 Å². The highest BCUT2D eigenvalue weighted by Gasteiger charge is 2.33. The molecule has 108 valence electrons. The third-order valence-corrected chi connectivity index (χ3v) is 4.30. The van der Waals surface area contributed by atoms with E-state index in [0.717, 1.165) is 26.8 Å². The van der Waals surface area contributed by atoms with Crippen molar-refractivity contribution in [3.63, 3.8) is 0 Å². The maximum absolute atomic E-state index is 12.5. The predicted molar refractivity (Wildman–Crippen MR) is 75.9 cm³/mol. The minimum atomic E-state index is -4.39. The minimum Gasteiger partial charge on any atom is -0.353 e. The number of thiazole rings is 1. The van der Waals surface area contributed by atoms with E-state index < -0.39 is 11.9 Å². The molecule has 0 unspecified atom stereocenters. The fourth-order valence-corrected chi connectivity index (χ4v) is 2.60. The summed E-state index contributed by atoms with van der Waals surface area (Å²) in [6, 6.07) is 1.86. The molecule has 2 heterocycles. The van der Waals surface area contributed by atoms with Crippen LogP contribution in [-0.2, 0) is 12.7 Å². The molecule has 2 rings (SSSR count). The van der Waals surface area contributed by atoms with Crippen molar-refractivity contribution in [2.45, 2.75) is 19.6 Å². The van der Waals surface area contributed by atoms with Gasteiger partial charge in [0.05, 0.1) is 6.54 Å². The first kappa shape index (κ1) is 15.2. The summed E-state index contributed by atoms with van der Waals surface area (Å²) in [6.07, 6.45) is -2.72. The van der Waals surface area contributed by atoms with Crippen LogP contribution in [0.2, 0.25) is 0 Å². The Morgan fingerprint density at radius 2 is 2.10 bits per heavy atom. The predicted octanol–water partition coefficient (Wildman–Crippen LogP) is 4.26. The Morgan fingerprint density at radius 1 is 1.40 bits per heavy atom. The maximum atomic E-state index is 12.5. The minimum absolute atomic E-state index is 0.287. The van der Waals surface area contributed by atoms with Crippen LogP contribution in [-0.4, -0.2) is 17.0 Å². The third-order valence-electron chi connectivity index (χ3n) is 2.64. The number of hydrogen-bond donors (Lipinski definition) is 0. The van der Waals surface area contributed by atoms with Crippen LogP contribution in [0.15, 0.2) is 22.1 Å². The van der Waals surface area contributed by atoms with Gasteiger partial charge in [0.15, 0.2) is 5.69 Å².